The number of piperidine rings is 1. The van der Waals surface area contributed by atoms with Crippen LogP contribution in [0, 0.1) is 24.2 Å². The topological polar surface area (TPSA) is 122 Å². The number of anilines is 1. The third-order valence-corrected chi connectivity index (χ3v) is 7.81. The third kappa shape index (κ3) is 4.75. The van der Waals surface area contributed by atoms with Crippen LogP contribution in [0.1, 0.15) is 30.9 Å². The second kappa shape index (κ2) is 10.3. The molecule has 0 bridgehead atoms. The Morgan fingerprint density at radius 3 is 2.69 bits per heavy atom. The predicted octanol–water partition coefficient (Wildman–Crippen LogP) is 3.12. The van der Waals surface area contributed by atoms with Crippen molar-refractivity contribution in [2.75, 3.05) is 24.6 Å². The van der Waals surface area contributed by atoms with Crippen LogP contribution in [0.4, 0.5) is 5.82 Å². The highest BCUT2D eigenvalue weighted by Gasteiger charge is 2.30. The molecule has 1 unspecified atom stereocenters. The summed E-state index contributed by atoms with van der Waals surface area (Å²) in [5.41, 5.74) is 0.631. The zero-order valence-corrected chi connectivity index (χ0v) is 20.9. The molecule has 1 atom stereocenters. The van der Waals surface area contributed by atoms with Crippen LogP contribution in [0.15, 0.2) is 63.3 Å². The number of fused-ring (bicyclic) bond motifs is 1. The van der Waals surface area contributed by atoms with Gasteiger partial charge < -0.3 is 9.64 Å². The molecule has 10 heteroatoms. The van der Waals surface area contributed by atoms with Gasteiger partial charge in [-0.25, -0.2) is 13.4 Å². The molecule has 1 aliphatic heterocycles. The lowest BCUT2D eigenvalue weighted by molar-refractivity contribution is -0.148. The van der Waals surface area contributed by atoms with Gasteiger partial charge >= 0.3 is 5.97 Å². The highest BCUT2D eigenvalue weighted by atomic mass is 32.2. The maximum absolute atomic E-state index is 13.6. The first-order chi connectivity index (χ1) is 17.3. The number of nitriles is 1. The monoisotopic (exact) mass is 506 g/mol. The molecule has 186 valence electrons. The summed E-state index contributed by atoms with van der Waals surface area (Å²) in [5, 5.41) is 9.81. The fraction of sp³-hybridized carbons (Fsp3) is 0.308. The number of sulfone groups is 1. The Kier molecular flexibility index (Phi) is 7.22. The van der Waals surface area contributed by atoms with Crippen LogP contribution in [-0.4, -0.2) is 43.5 Å². The number of nitrogens with zero attached hydrogens (tertiary/aromatic N) is 4. The van der Waals surface area contributed by atoms with Gasteiger partial charge in [-0.2, -0.15) is 5.26 Å². The number of pyridine rings is 1. The van der Waals surface area contributed by atoms with Gasteiger partial charge in [-0.15, -0.1) is 0 Å². The molecule has 1 aromatic carbocycles. The van der Waals surface area contributed by atoms with Gasteiger partial charge in [0, 0.05) is 19.3 Å². The number of aryl methyl sites for hydroxylation is 1. The van der Waals surface area contributed by atoms with E-state index >= 15 is 0 Å². The van der Waals surface area contributed by atoms with Crippen LogP contribution in [0.3, 0.4) is 0 Å². The summed E-state index contributed by atoms with van der Waals surface area (Å²) in [6, 6.07) is 12.9. The second-order valence-corrected chi connectivity index (χ2v) is 10.4. The van der Waals surface area contributed by atoms with E-state index in [-0.39, 0.29) is 35.4 Å². The van der Waals surface area contributed by atoms with Crippen molar-refractivity contribution in [1.29, 1.82) is 5.26 Å². The first-order valence-corrected chi connectivity index (χ1v) is 13.1. The minimum atomic E-state index is -4.18. The molecule has 3 heterocycles. The van der Waals surface area contributed by atoms with Gasteiger partial charge in [-0.05, 0) is 56.5 Å². The molecule has 0 aliphatic carbocycles. The molecule has 0 amide bonds. The number of aromatic nitrogens is 2. The molecule has 0 radical (unpaired) electrons. The molecule has 1 fully saturated rings. The Morgan fingerprint density at radius 2 is 2.00 bits per heavy atom. The Bertz CT molecular complexity index is 1540. The number of hydrogen-bond acceptors (Lipinski definition) is 8. The highest BCUT2D eigenvalue weighted by molar-refractivity contribution is 7.95. The van der Waals surface area contributed by atoms with E-state index in [4.69, 9.17) is 9.72 Å². The summed E-state index contributed by atoms with van der Waals surface area (Å²) in [5.74, 6) is -0.493. The molecular formula is C26H26N4O5S. The van der Waals surface area contributed by atoms with Crippen molar-refractivity contribution < 1.29 is 17.9 Å². The van der Waals surface area contributed by atoms with E-state index < -0.39 is 26.2 Å². The Balaban J connectivity index is 1.92. The van der Waals surface area contributed by atoms with Gasteiger partial charge in [0.05, 0.1) is 23.0 Å². The Morgan fingerprint density at radius 1 is 1.25 bits per heavy atom. The van der Waals surface area contributed by atoms with Crippen LogP contribution < -0.4 is 10.5 Å². The summed E-state index contributed by atoms with van der Waals surface area (Å²) in [6.45, 7) is 4.60. The lowest BCUT2D eigenvalue weighted by Gasteiger charge is -2.33. The maximum atomic E-state index is 13.6. The van der Waals surface area contributed by atoms with E-state index in [0.717, 1.165) is 11.6 Å². The van der Waals surface area contributed by atoms with Gasteiger partial charge in [0.25, 0.3) is 5.56 Å². The SMILES string of the molecule is CCOC(=O)C1CCCN(c2nc3c(C)cccn3c(=O)c2/C=C(\C#N)S(=O)(=O)c2ccccc2)C1. The molecule has 0 saturated carbocycles. The minimum Gasteiger partial charge on any atom is -0.466 e. The quantitative estimate of drug-likeness (QED) is 0.369. The fourth-order valence-corrected chi connectivity index (χ4v) is 5.48. The van der Waals surface area contributed by atoms with Crippen molar-refractivity contribution in [1.82, 2.24) is 9.38 Å². The number of carbonyl (C=O) groups excluding carboxylic acids is 1. The average molecular weight is 507 g/mol. The summed E-state index contributed by atoms with van der Waals surface area (Å²) in [6.07, 6.45) is 3.94. The van der Waals surface area contributed by atoms with Crippen LogP contribution in [0.5, 0.6) is 0 Å². The summed E-state index contributed by atoms with van der Waals surface area (Å²) in [7, 11) is -4.18. The van der Waals surface area contributed by atoms with Crippen LogP contribution in [0.2, 0.25) is 0 Å². The highest BCUT2D eigenvalue weighted by Crippen LogP contribution is 2.28. The summed E-state index contributed by atoms with van der Waals surface area (Å²) < 4.78 is 32.9. The maximum Gasteiger partial charge on any atom is 0.310 e. The van der Waals surface area contributed by atoms with Crippen LogP contribution >= 0.6 is 0 Å². The number of carbonyl (C=O) groups is 1. The van der Waals surface area contributed by atoms with Crippen molar-refractivity contribution in [2.24, 2.45) is 5.92 Å². The Labute approximate surface area is 209 Å². The number of hydrogen-bond donors (Lipinski definition) is 0. The van der Waals surface area contributed by atoms with E-state index in [9.17, 15) is 23.3 Å². The molecule has 36 heavy (non-hydrogen) atoms. The van der Waals surface area contributed by atoms with Gasteiger partial charge in [0.15, 0.2) is 0 Å². The smallest absolute Gasteiger partial charge is 0.310 e. The molecule has 2 aromatic heterocycles. The van der Waals surface area contributed by atoms with E-state index in [1.54, 1.807) is 48.4 Å². The molecular weight excluding hydrogens is 480 g/mol. The summed E-state index contributed by atoms with van der Waals surface area (Å²) in [4.78, 5) is 32.0. The molecule has 1 aliphatic rings. The zero-order valence-electron chi connectivity index (χ0n) is 20.0. The largest absolute Gasteiger partial charge is 0.466 e. The standard InChI is InChI=1S/C26H26N4O5S/c1-3-35-26(32)19-10-8-13-29(17-19)24-22(25(31)30-14-7-9-18(2)23(30)28-24)15-21(16-27)36(33,34)20-11-5-4-6-12-20/h4-7,9,11-12,14-15,19H,3,8,10,13,17H2,1-2H3/b21-15+. The van der Waals surface area contributed by atoms with Gasteiger partial charge in [-0.1, -0.05) is 24.3 Å². The van der Waals surface area contributed by atoms with Gasteiger partial charge in [0.1, 0.15) is 22.4 Å². The first kappa shape index (κ1) is 25.1. The van der Waals surface area contributed by atoms with E-state index in [2.05, 4.69) is 0 Å². The van der Waals surface area contributed by atoms with E-state index in [1.807, 2.05) is 13.0 Å². The van der Waals surface area contributed by atoms with Crippen molar-refractivity contribution in [2.45, 2.75) is 31.6 Å². The average Bonchev–Trinajstić information content (AvgIpc) is 2.89. The number of allylic oxidation sites excluding steroid dienone is 1. The van der Waals surface area contributed by atoms with Gasteiger partial charge in [0.2, 0.25) is 9.84 Å². The molecule has 0 N–H and O–H groups in total. The van der Waals surface area contributed by atoms with Gasteiger partial charge in [-0.3, -0.25) is 14.0 Å². The lowest BCUT2D eigenvalue weighted by Crippen LogP contribution is -2.41. The van der Waals surface area contributed by atoms with E-state index in [1.165, 1.54) is 16.5 Å². The summed E-state index contributed by atoms with van der Waals surface area (Å²) >= 11 is 0. The molecule has 0 spiro atoms. The third-order valence-electron chi connectivity index (χ3n) is 6.13. The van der Waals surface area contributed by atoms with Crippen molar-refractivity contribution in [3.63, 3.8) is 0 Å². The predicted molar refractivity (Wildman–Crippen MR) is 135 cm³/mol. The number of ether oxygens (including phenoxy) is 1. The second-order valence-electron chi connectivity index (χ2n) is 8.51. The fourth-order valence-electron chi connectivity index (χ4n) is 4.32. The van der Waals surface area contributed by atoms with E-state index in [0.29, 0.717) is 25.0 Å². The first-order valence-electron chi connectivity index (χ1n) is 11.6. The van der Waals surface area contributed by atoms with Crippen molar-refractivity contribution in [3.05, 3.63) is 75.0 Å². The lowest BCUT2D eigenvalue weighted by atomic mass is 9.98. The number of esters is 1. The molecule has 3 aromatic rings. The molecule has 4 rings (SSSR count). The zero-order chi connectivity index (χ0) is 25.9. The van der Waals surface area contributed by atoms with Crippen molar-refractivity contribution >= 4 is 33.3 Å². The minimum absolute atomic E-state index is 0.0290. The normalized spacial score (nSPS) is 16.5. The van der Waals surface area contributed by atoms with Crippen LogP contribution in [0.25, 0.3) is 11.7 Å². The van der Waals surface area contributed by atoms with Crippen LogP contribution in [-0.2, 0) is 19.4 Å². The number of benzene rings is 1. The number of rotatable bonds is 6. The van der Waals surface area contributed by atoms with Crippen molar-refractivity contribution in [3.8, 4) is 6.07 Å². The molecule has 9 nitrogen and oxygen atoms in total. The Hall–Kier alpha value is -3.97. The molecule has 1 saturated heterocycles.